The Hall–Kier alpha value is -0.790. The first kappa shape index (κ1) is 12.9. The Morgan fingerprint density at radius 3 is 3.00 bits per heavy atom. The third kappa shape index (κ3) is 2.03. The average molecular weight is 358 g/mol. The van der Waals surface area contributed by atoms with Crippen LogP contribution >= 0.6 is 27.3 Å². The second-order valence-electron chi connectivity index (χ2n) is 5.50. The third-order valence-corrected chi connectivity index (χ3v) is 5.93. The van der Waals surface area contributed by atoms with Crippen LogP contribution in [-0.4, -0.2) is 56.2 Å². The molecule has 108 valence electrons. The van der Waals surface area contributed by atoms with Gasteiger partial charge in [-0.25, -0.2) is 0 Å². The molecule has 1 N–H and O–H groups in total. The van der Waals surface area contributed by atoms with Crippen LogP contribution in [-0.2, 0) is 0 Å². The molecule has 0 aromatic carbocycles. The molecule has 3 aliphatic rings. The van der Waals surface area contributed by atoms with Crippen LogP contribution in [0.4, 0.5) is 5.69 Å². The van der Waals surface area contributed by atoms with Crippen molar-refractivity contribution < 1.29 is 9.53 Å². The number of hydrogen-bond donors (Lipinski definition) is 1. The number of anilines is 1. The number of thiophene rings is 1. The van der Waals surface area contributed by atoms with Crippen LogP contribution < -0.4 is 15.0 Å². The summed E-state index contributed by atoms with van der Waals surface area (Å²) in [5.41, 5.74) is 0.983. The van der Waals surface area contributed by atoms with Crippen LogP contribution in [0, 0.1) is 0 Å². The molecular weight excluding hydrogens is 342 g/mol. The summed E-state index contributed by atoms with van der Waals surface area (Å²) in [5.74, 6) is 0.881. The van der Waals surface area contributed by atoms with E-state index in [4.69, 9.17) is 4.74 Å². The van der Waals surface area contributed by atoms with Crippen LogP contribution in [0.15, 0.2) is 3.79 Å². The van der Waals surface area contributed by atoms with Crippen LogP contribution in [0.25, 0.3) is 0 Å². The number of likely N-dealkylation sites (tertiary alicyclic amines) is 1. The van der Waals surface area contributed by atoms with Crippen molar-refractivity contribution in [3.63, 3.8) is 0 Å². The first-order valence-corrected chi connectivity index (χ1v) is 8.56. The van der Waals surface area contributed by atoms with Crippen LogP contribution in [0.2, 0.25) is 0 Å². The molecule has 1 fully saturated rings. The standard InChI is InChI=1S/C13H16BrN3O2S/c14-12-10-9-11(20-12)13(18)15-8(6-16-2-1-3-16)7-17(9)4-5-19-10/h8H,1-7H2,(H,15,18)/t8-/m0/s1. The molecule has 4 heterocycles. The van der Waals surface area contributed by atoms with Crippen molar-refractivity contribution in [2.24, 2.45) is 0 Å². The molecule has 0 spiro atoms. The Bertz CT molecular complexity index is 558. The molecule has 1 amide bonds. The van der Waals surface area contributed by atoms with E-state index in [0.717, 1.165) is 52.8 Å². The van der Waals surface area contributed by atoms with Crippen molar-refractivity contribution in [3.05, 3.63) is 8.66 Å². The van der Waals surface area contributed by atoms with Crippen molar-refractivity contribution in [1.29, 1.82) is 0 Å². The summed E-state index contributed by atoms with van der Waals surface area (Å²) >= 11 is 4.98. The molecule has 0 unspecified atom stereocenters. The van der Waals surface area contributed by atoms with Crippen molar-refractivity contribution in [3.8, 4) is 5.75 Å². The molecule has 1 saturated heterocycles. The van der Waals surface area contributed by atoms with E-state index < -0.39 is 0 Å². The van der Waals surface area contributed by atoms with Gasteiger partial charge in [0, 0.05) is 13.1 Å². The zero-order valence-electron chi connectivity index (χ0n) is 11.0. The van der Waals surface area contributed by atoms with Crippen molar-refractivity contribution in [2.75, 3.05) is 44.2 Å². The van der Waals surface area contributed by atoms with Gasteiger partial charge in [-0.15, -0.1) is 11.3 Å². The molecule has 3 aliphatic heterocycles. The van der Waals surface area contributed by atoms with Crippen LogP contribution in [0.5, 0.6) is 5.75 Å². The van der Waals surface area contributed by atoms with Gasteiger partial charge in [0.25, 0.3) is 5.91 Å². The first-order valence-electron chi connectivity index (χ1n) is 6.95. The van der Waals surface area contributed by atoms with E-state index in [9.17, 15) is 4.79 Å². The SMILES string of the molecule is O=C1N[C@@H](CN2CCC2)CN2CCOc3c(Br)sc1c32. The molecule has 0 bridgehead atoms. The maximum atomic E-state index is 12.4. The predicted octanol–water partition coefficient (Wildman–Crippen LogP) is 1.53. The Labute approximate surface area is 130 Å². The van der Waals surface area contributed by atoms with Gasteiger partial charge in [-0.3, -0.25) is 4.79 Å². The summed E-state index contributed by atoms with van der Waals surface area (Å²) in [4.78, 5) is 17.9. The van der Waals surface area contributed by atoms with Gasteiger partial charge in [0.05, 0.1) is 12.6 Å². The van der Waals surface area contributed by atoms with E-state index in [0.29, 0.717) is 6.61 Å². The van der Waals surface area contributed by atoms with Crippen molar-refractivity contribution >= 4 is 38.9 Å². The highest BCUT2D eigenvalue weighted by atomic mass is 79.9. The Kier molecular flexibility index (Phi) is 3.16. The zero-order chi connectivity index (χ0) is 13.7. The number of nitrogens with zero attached hydrogens (tertiary/aromatic N) is 2. The van der Waals surface area contributed by atoms with Gasteiger partial charge in [0.15, 0.2) is 5.75 Å². The normalized spacial score (nSPS) is 25.4. The van der Waals surface area contributed by atoms with E-state index >= 15 is 0 Å². The minimum atomic E-state index is 0.0375. The minimum Gasteiger partial charge on any atom is -0.487 e. The number of nitrogens with one attached hydrogen (secondary N) is 1. The van der Waals surface area contributed by atoms with E-state index in [-0.39, 0.29) is 11.9 Å². The fourth-order valence-electron chi connectivity index (χ4n) is 3.04. The topological polar surface area (TPSA) is 44.8 Å². The lowest BCUT2D eigenvalue weighted by atomic mass is 10.1. The molecule has 5 nitrogen and oxygen atoms in total. The number of halogens is 1. The number of hydrogen-bond acceptors (Lipinski definition) is 5. The second kappa shape index (κ2) is 4.89. The number of carbonyl (C=O) groups is 1. The smallest absolute Gasteiger partial charge is 0.264 e. The molecule has 20 heavy (non-hydrogen) atoms. The number of rotatable bonds is 2. The molecule has 1 atom stereocenters. The fourth-order valence-corrected chi connectivity index (χ4v) is 4.73. The van der Waals surface area contributed by atoms with E-state index in [1.807, 2.05) is 0 Å². The number of carbonyl (C=O) groups excluding carboxylic acids is 1. The molecule has 1 aromatic heterocycles. The average Bonchev–Trinajstić information content (AvgIpc) is 2.65. The largest absolute Gasteiger partial charge is 0.487 e. The van der Waals surface area contributed by atoms with Gasteiger partial charge in [0.1, 0.15) is 21.0 Å². The van der Waals surface area contributed by atoms with Gasteiger partial charge in [0.2, 0.25) is 0 Å². The number of amides is 1. The summed E-state index contributed by atoms with van der Waals surface area (Å²) in [6.45, 7) is 5.69. The molecule has 1 aromatic rings. The second-order valence-corrected chi connectivity index (χ2v) is 7.84. The molecule has 7 heteroatoms. The van der Waals surface area contributed by atoms with Gasteiger partial charge in [-0.05, 0) is 35.4 Å². The predicted molar refractivity (Wildman–Crippen MR) is 82.0 cm³/mol. The Balaban J connectivity index is 1.64. The molecular formula is C13H16BrN3O2S. The van der Waals surface area contributed by atoms with Gasteiger partial charge in [-0.1, -0.05) is 0 Å². The highest BCUT2D eigenvalue weighted by Gasteiger charge is 2.35. The Morgan fingerprint density at radius 1 is 1.40 bits per heavy atom. The summed E-state index contributed by atoms with van der Waals surface area (Å²) in [6, 6.07) is 0.201. The van der Waals surface area contributed by atoms with E-state index in [1.165, 1.54) is 17.8 Å². The monoisotopic (exact) mass is 357 g/mol. The molecule has 0 aliphatic carbocycles. The van der Waals surface area contributed by atoms with Crippen LogP contribution in [0.1, 0.15) is 16.1 Å². The van der Waals surface area contributed by atoms with Gasteiger partial charge < -0.3 is 19.9 Å². The number of ether oxygens (including phenoxy) is 1. The van der Waals surface area contributed by atoms with Crippen LogP contribution in [0.3, 0.4) is 0 Å². The lowest BCUT2D eigenvalue weighted by molar-refractivity contribution is 0.0920. The molecule has 0 saturated carbocycles. The summed E-state index contributed by atoms with van der Waals surface area (Å²) < 4.78 is 6.64. The molecule has 0 radical (unpaired) electrons. The summed E-state index contributed by atoms with van der Waals surface area (Å²) in [7, 11) is 0. The summed E-state index contributed by atoms with van der Waals surface area (Å²) in [5, 5.41) is 3.18. The quantitative estimate of drug-likeness (QED) is 0.871. The van der Waals surface area contributed by atoms with Crippen molar-refractivity contribution in [2.45, 2.75) is 12.5 Å². The highest BCUT2D eigenvalue weighted by molar-refractivity contribution is 9.11. The maximum Gasteiger partial charge on any atom is 0.264 e. The lowest BCUT2D eigenvalue weighted by Crippen LogP contribution is -2.52. The van der Waals surface area contributed by atoms with Crippen molar-refractivity contribution in [1.82, 2.24) is 10.2 Å². The maximum absolute atomic E-state index is 12.4. The highest BCUT2D eigenvalue weighted by Crippen LogP contribution is 2.48. The fraction of sp³-hybridized carbons (Fsp3) is 0.615. The first-order chi connectivity index (χ1) is 9.72. The summed E-state index contributed by atoms with van der Waals surface area (Å²) in [6.07, 6.45) is 1.28. The minimum absolute atomic E-state index is 0.0375. The third-order valence-electron chi connectivity index (χ3n) is 4.13. The lowest BCUT2D eigenvalue weighted by Gasteiger charge is -2.36. The zero-order valence-corrected chi connectivity index (χ0v) is 13.4. The Morgan fingerprint density at radius 2 is 2.25 bits per heavy atom. The molecule has 4 rings (SSSR count). The van der Waals surface area contributed by atoms with Gasteiger partial charge >= 0.3 is 0 Å². The van der Waals surface area contributed by atoms with E-state index in [1.54, 1.807) is 0 Å². The van der Waals surface area contributed by atoms with E-state index in [2.05, 4.69) is 31.0 Å². The van der Waals surface area contributed by atoms with Gasteiger partial charge in [-0.2, -0.15) is 0 Å².